The molecule has 1 aliphatic carbocycles. The first kappa shape index (κ1) is 16.3. The molecule has 118 valence electrons. The highest BCUT2D eigenvalue weighted by molar-refractivity contribution is 5.30. The lowest BCUT2D eigenvalue weighted by Crippen LogP contribution is -2.25. The van der Waals surface area contributed by atoms with Gasteiger partial charge in [0.05, 0.1) is 11.2 Å². The summed E-state index contributed by atoms with van der Waals surface area (Å²) in [7, 11) is 0. The second kappa shape index (κ2) is 6.39. The van der Waals surface area contributed by atoms with Crippen LogP contribution in [0.15, 0.2) is 24.3 Å². The fourth-order valence-corrected chi connectivity index (χ4v) is 3.37. The molecule has 0 spiro atoms. The van der Waals surface area contributed by atoms with Crippen molar-refractivity contribution >= 4 is 0 Å². The van der Waals surface area contributed by atoms with Crippen LogP contribution in [0.1, 0.15) is 63.0 Å². The molecule has 0 bridgehead atoms. The van der Waals surface area contributed by atoms with Crippen LogP contribution in [0.5, 0.6) is 0 Å². The molecule has 4 heteroatoms. The summed E-state index contributed by atoms with van der Waals surface area (Å²) in [6.07, 6.45) is 1.83. The van der Waals surface area contributed by atoms with Crippen molar-refractivity contribution < 1.29 is 18.3 Å². The minimum absolute atomic E-state index is 0.412. The number of hydrogen-bond donors (Lipinski definition) is 1. The van der Waals surface area contributed by atoms with Crippen LogP contribution in [0.3, 0.4) is 0 Å². The summed E-state index contributed by atoms with van der Waals surface area (Å²) in [4.78, 5) is 0. The Morgan fingerprint density at radius 2 is 2.00 bits per heavy atom. The lowest BCUT2D eigenvalue weighted by atomic mass is 9.85. The predicted molar refractivity (Wildman–Crippen MR) is 76.8 cm³/mol. The van der Waals surface area contributed by atoms with E-state index in [9.17, 15) is 18.3 Å². The molecule has 21 heavy (non-hydrogen) atoms. The molecule has 1 aromatic rings. The van der Waals surface area contributed by atoms with Crippen molar-refractivity contribution in [2.24, 2.45) is 5.92 Å². The molecule has 1 aliphatic rings. The maximum Gasteiger partial charge on any atom is 0.416 e. The predicted octanol–water partition coefficient (Wildman–Crippen LogP) is 5.27. The van der Waals surface area contributed by atoms with E-state index in [4.69, 9.17) is 0 Å². The quantitative estimate of drug-likeness (QED) is 0.754. The average molecular weight is 300 g/mol. The van der Waals surface area contributed by atoms with Crippen molar-refractivity contribution in [3.8, 4) is 0 Å². The number of rotatable bonds is 3. The van der Waals surface area contributed by atoms with E-state index in [1.165, 1.54) is 6.07 Å². The van der Waals surface area contributed by atoms with Crippen LogP contribution in [0, 0.1) is 5.92 Å². The molecule has 0 aliphatic heterocycles. The summed E-state index contributed by atoms with van der Waals surface area (Å²) >= 11 is 0. The highest BCUT2D eigenvalue weighted by Gasteiger charge is 2.35. The first-order chi connectivity index (χ1) is 9.85. The molecule has 0 heterocycles. The van der Waals surface area contributed by atoms with Crippen molar-refractivity contribution in [3.63, 3.8) is 0 Å². The van der Waals surface area contributed by atoms with Gasteiger partial charge in [-0.25, -0.2) is 0 Å². The zero-order chi connectivity index (χ0) is 15.5. The molecule has 2 atom stereocenters. The van der Waals surface area contributed by atoms with Crippen LogP contribution in [-0.4, -0.2) is 5.11 Å². The van der Waals surface area contributed by atoms with Crippen molar-refractivity contribution in [2.45, 2.75) is 63.6 Å². The molecule has 1 fully saturated rings. The fraction of sp³-hybridized carbons (Fsp3) is 0.647. The minimum Gasteiger partial charge on any atom is -0.385 e. The summed E-state index contributed by atoms with van der Waals surface area (Å²) in [6, 6.07) is 5.18. The Balaban J connectivity index is 2.20. The monoisotopic (exact) mass is 300 g/mol. The Morgan fingerprint density at radius 3 is 2.67 bits per heavy atom. The first-order valence-electron chi connectivity index (χ1n) is 7.75. The molecular weight excluding hydrogens is 277 g/mol. The lowest BCUT2D eigenvalue weighted by molar-refractivity contribution is -0.137. The van der Waals surface area contributed by atoms with Gasteiger partial charge in [-0.1, -0.05) is 38.3 Å². The summed E-state index contributed by atoms with van der Waals surface area (Å²) in [5.74, 6) is 0.592. The highest BCUT2D eigenvalue weighted by atomic mass is 19.4. The van der Waals surface area contributed by atoms with E-state index >= 15 is 0 Å². The van der Waals surface area contributed by atoms with E-state index in [2.05, 4.69) is 6.92 Å². The fourth-order valence-electron chi connectivity index (χ4n) is 3.37. The van der Waals surface area contributed by atoms with E-state index in [1.54, 1.807) is 6.07 Å². The van der Waals surface area contributed by atoms with E-state index in [0.29, 0.717) is 24.3 Å². The summed E-state index contributed by atoms with van der Waals surface area (Å²) < 4.78 is 38.5. The Bertz CT molecular complexity index is 469. The van der Waals surface area contributed by atoms with Gasteiger partial charge in [0.2, 0.25) is 0 Å². The maximum absolute atomic E-state index is 12.8. The Morgan fingerprint density at radius 1 is 1.24 bits per heavy atom. The number of alkyl halides is 3. The van der Waals surface area contributed by atoms with E-state index in [0.717, 1.165) is 44.2 Å². The Hall–Kier alpha value is -1.03. The first-order valence-corrected chi connectivity index (χ1v) is 7.75. The zero-order valence-corrected chi connectivity index (χ0v) is 12.4. The summed E-state index contributed by atoms with van der Waals surface area (Å²) in [6.45, 7) is 2.14. The molecule has 2 rings (SSSR count). The smallest absolute Gasteiger partial charge is 0.385 e. The van der Waals surface area contributed by atoms with E-state index in [1.807, 2.05) is 0 Å². The lowest BCUT2D eigenvalue weighted by Gasteiger charge is -2.28. The van der Waals surface area contributed by atoms with E-state index < -0.39 is 17.3 Å². The van der Waals surface area contributed by atoms with Gasteiger partial charge in [0.25, 0.3) is 0 Å². The third-order valence-electron chi connectivity index (χ3n) is 4.59. The molecule has 1 N–H and O–H groups in total. The van der Waals surface area contributed by atoms with Gasteiger partial charge >= 0.3 is 6.18 Å². The van der Waals surface area contributed by atoms with Crippen molar-refractivity contribution in [1.82, 2.24) is 0 Å². The molecule has 0 saturated heterocycles. The summed E-state index contributed by atoms with van der Waals surface area (Å²) in [5, 5.41) is 10.8. The topological polar surface area (TPSA) is 20.2 Å². The third kappa shape index (κ3) is 4.00. The van der Waals surface area contributed by atoms with Crippen LogP contribution in [-0.2, 0) is 11.8 Å². The SMILES string of the molecule is CCCC1CCCC(O)(c2cccc(C(F)(F)F)c2)CC1. The Kier molecular flexibility index (Phi) is 4.97. The van der Waals surface area contributed by atoms with Crippen LogP contribution in [0.2, 0.25) is 0 Å². The van der Waals surface area contributed by atoms with E-state index in [-0.39, 0.29) is 0 Å². The average Bonchev–Trinajstić information content (AvgIpc) is 2.62. The molecular formula is C17H23F3O. The number of benzene rings is 1. The van der Waals surface area contributed by atoms with Crippen LogP contribution >= 0.6 is 0 Å². The largest absolute Gasteiger partial charge is 0.416 e. The van der Waals surface area contributed by atoms with Gasteiger partial charge in [-0.2, -0.15) is 13.2 Å². The molecule has 0 aromatic heterocycles. The van der Waals surface area contributed by atoms with Gasteiger partial charge in [0.1, 0.15) is 0 Å². The number of halogens is 3. The minimum atomic E-state index is -4.36. The van der Waals surface area contributed by atoms with Gasteiger partial charge in [-0.05, 0) is 49.3 Å². The van der Waals surface area contributed by atoms with Crippen molar-refractivity contribution in [2.75, 3.05) is 0 Å². The zero-order valence-electron chi connectivity index (χ0n) is 12.4. The summed E-state index contributed by atoms with van der Waals surface area (Å²) in [5.41, 5.74) is -1.37. The number of hydrogen-bond acceptors (Lipinski definition) is 1. The molecule has 1 nitrogen and oxygen atoms in total. The second-order valence-corrected chi connectivity index (χ2v) is 6.20. The van der Waals surface area contributed by atoms with Crippen LogP contribution in [0.25, 0.3) is 0 Å². The van der Waals surface area contributed by atoms with Gasteiger partial charge in [0, 0.05) is 0 Å². The van der Waals surface area contributed by atoms with Crippen LogP contribution in [0.4, 0.5) is 13.2 Å². The van der Waals surface area contributed by atoms with Crippen LogP contribution < -0.4 is 0 Å². The standard InChI is InChI=1S/C17H23F3O/c1-2-5-13-6-4-10-16(21,11-9-13)14-7-3-8-15(12-14)17(18,19)20/h3,7-8,12-13,21H,2,4-6,9-11H2,1H3. The van der Waals surface area contributed by atoms with Crippen molar-refractivity contribution in [1.29, 1.82) is 0 Å². The molecule has 1 aromatic carbocycles. The van der Waals surface area contributed by atoms with Gasteiger partial charge < -0.3 is 5.11 Å². The molecule has 0 radical (unpaired) electrons. The third-order valence-corrected chi connectivity index (χ3v) is 4.59. The highest BCUT2D eigenvalue weighted by Crippen LogP contribution is 2.40. The Labute approximate surface area is 124 Å². The normalized spacial score (nSPS) is 27.4. The van der Waals surface area contributed by atoms with Gasteiger partial charge in [-0.3, -0.25) is 0 Å². The molecule has 2 unspecified atom stereocenters. The van der Waals surface area contributed by atoms with Crippen molar-refractivity contribution in [3.05, 3.63) is 35.4 Å². The second-order valence-electron chi connectivity index (χ2n) is 6.20. The van der Waals surface area contributed by atoms with Gasteiger partial charge in [0.15, 0.2) is 0 Å². The van der Waals surface area contributed by atoms with Gasteiger partial charge in [-0.15, -0.1) is 0 Å². The molecule has 0 amide bonds. The number of aliphatic hydroxyl groups is 1. The maximum atomic E-state index is 12.8. The molecule has 1 saturated carbocycles.